The van der Waals surface area contributed by atoms with Crippen molar-refractivity contribution in [3.05, 3.63) is 108 Å². The first kappa shape index (κ1) is 19.5. The van der Waals surface area contributed by atoms with Gasteiger partial charge in [0.2, 0.25) is 0 Å². The molecule has 29 heavy (non-hydrogen) atoms. The molecule has 1 aliphatic rings. The normalized spacial score (nSPS) is 28.9. The van der Waals surface area contributed by atoms with Crippen molar-refractivity contribution < 1.29 is 5.11 Å². The SMILES string of the molecule is C[C@H]1[C@@H](c2ccccc2)N[C@@H](c2ccccc2)[C@H](C)C1(O)C#Cc1ccccc1. The lowest BCUT2D eigenvalue weighted by atomic mass is 9.66. The van der Waals surface area contributed by atoms with Crippen molar-refractivity contribution in [2.75, 3.05) is 0 Å². The zero-order chi connectivity index (χ0) is 20.3. The molecule has 0 spiro atoms. The predicted octanol–water partition coefficient (Wildman–Crippen LogP) is 5.13. The van der Waals surface area contributed by atoms with E-state index < -0.39 is 5.60 Å². The molecular formula is C27H27NO. The highest BCUT2D eigenvalue weighted by atomic mass is 16.3. The minimum Gasteiger partial charge on any atom is -0.377 e. The van der Waals surface area contributed by atoms with Gasteiger partial charge in [-0.05, 0) is 23.3 Å². The van der Waals surface area contributed by atoms with Crippen molar-refractivity contribution in [3.63, 3.8) is 0 Å². The number of benzene rings is 3. The van der Waals surface area contributed by atoms with Crippen LogP contribution in [0.25, 0.3) is 0 Å². The van der Waals surface area contributed by atoms with E-state index in [0.29, 0.717) is 0 Å². The van der Waals surface area contributed by atoms with Crippen LogP contribution in [0.4, 0.5) is 0 Å². The van der Waals surface area contributed by atoms with Crippen LogP contribution in [0.15, 0.2) is 91.0 Å². The highest BCUT2D eigenvalue weighted by Crippen LogP contribution is 2.46. The fraction of sp³-hybridized carbons (Fsp3) is 0.259. The van der Waals surface area contributed by atoms with Crippen LogP contribution >= 0.6 is 0 Å². The fourth-order valence-electron chi connectivity index (χ4n) is 4.42. The first-order valence-electron chi connectivity index (χ1n) is 10.3. The first-order chi connectivity index (χ1) is 14.1. The molecule has 0 saturated carbocycles. The highest BCUT2D eigenvalue weighted by molar-refractivity contribution is 5.39. The van der Waals surface area contributed by atoms with E-state index in [2.05, 4.69) is 55.3 Å². The topological polar surface area (TPSA) is 32.3 Å². The molecule has 146 valence electrons. The molecule has 3 aromatic rings. The van der Waals surface area contributed by atoms with Crippen LogP contribution in [-0.2, 0) is 0 Å². The Balaban J connectivity index is 1.78. The second kappa shape index (κ2) is 8.25. The second-order valence-electron chi connectivity index (χ2n) is 7.96. The van der Waals surface area contributed by atoms with Crippen molar-refractivity contribution in [2.24, 2.45) is 11.8 Å². The molecule has 0 aliphatic carbocycles. The zero-order valence-corrected chi connectivity index (χ0v) is 16.9. The van der Waals surface area contributed by atoms with E-state index in [1.54, 1.807) is 0 Å². The number of nitrogens with one attached hydrogen (secondary N) is 1. The monoisotopic (exact) mass is 381 g/mol. The smallest absolute Gasteiger partial charge is 0.134 e. The number of aliphatic hydroxyl groups is 1. The molecule has 2 N–H and O–H groups in total. The van der Waals surface area contributed by atoms with E-state index in [-0.39, 0.29) is 23.9 Å². The van der Waals surface area contributed by atoms with Gasteiger partial charge in [0.1, 0.15) is 5.60 Å². The Morgan fingerprint density at radius 1 is 0.690 bits per heavy atom. The van der Waals surface area contributed by atoms with E-state index in [1.807, 2.05) is 66.7 Å². The lowest BCUT2D eigenvalue weighted by Crippen LogP contribution is -2.57. The number of hydrogen-bond acceptors (Lipinski definition) is 2. The van der Waals surface area contributed by atoms with Crippen LogP contribution in [0.2, 0.25) is 0 Å². The maximum atomic E-state index is 11.9. The summed E-state index contributed by atoms with van der Waals surface area (Å²) in [5, 5.41) is 15.7. The lowest BCUT2D eigenvalue weighted by Gasteiger charge is -2.49. The van der Waals surface area contributed by atoms with Crippen LogP contribution < -0.4 is 5.32 Å². The van der Waals surface area contributed by atoms with E-state index in [9.17, 15) is 5.11 Å². The van der Waals surface area contributed by atoms with Gasteiger partial charge in [-0.15, -0.1) is 0 Å². The molecule has 5 atom stereocenters. The molecule has 1 unspecified atom stereocenters. The highest BCUT2D eigenvalue weighted by Gasteiger charge is 2.50. The maximum absolute atomic E-state index is 11.9. The quantitative estimate of drug-likeness (QED) is 0.603. The predicted molar refractivity (Wildman–Crippen MR) is 118 cm³/mol. The number of hydrogen-bond donors (Lipinski definition) is 2. The molecule has 0 bridgehead atoms. The van der Waals surface area contributed by atoms with Crippen molar-refractivity contribution in [1.82, 2.24) is 5.32 Å². The van der Waals surface area contributed by atoms with E-state index in [0.717, 1.165) is 5.56 Å². The summed E-state index contributed by atoms with van der Waals surface area (Å²) in [5.74, 6) is 6.36. The summed E-state index contributed by atoms with van der Waals surface area (Å²) in [6, 6.07) is 30.6. The van der Waals surface area contributed by atoms with E-state index in [4.69, 9.17) is 0 Å². The third-order valence-corrected chi connectivity index (χ3v) is 6.25. The summed E-state index contributed by atoms with van der Waals surface area (Å²) in [4.78, 5) is 0. The third kappa shape index (κ3) is 3.85. The van der Waals surface area contributed by atoms with Crippen LogP contribution in [0.5, 0.6) is 0 Å². The fourth-order valence-corrected chi connectivity index (χ4v) is 4.42. The standard InChI is InChI=1S/C27H27NO/c1-20-25(23-14-8-4-9-15-23)28-26(24-16-10-5-11-17-24)21(2)27(20,29)19-18-22-12-6-3-7-13-22/h3-17,20-21,25-26,28-29H,1-2H3/t20-,21-,25-,26+,27?/m0/s1. The van der Waals surface area contributed by atoms with Gasteiger partial charge in [0.25, 0.3) is 0 Å². The third-order valence-electron chi connectivity index (χ3n) is 6.25. The van der Waals surface area contributed by atoms with Gasteiger partial charge in [-0.25, -0.2) is 0 Å². The molecule has 1 heterocycles. The van der Waals surface area contributed by atoms with Gasteiger partial charge in [-0.2, -0.15) is 0 Å². The zero-order valence-electron chi connectivity index (χ0n) is 16.9. The molecule has 2 heteroatoms. The lowest BCUT2D eigenvalue weighted by molar-refractivity contribution is -0.0646. The van der Waals surface area contributed by atoms with Crippen LogP contribution in [-0.4, -0.2) is 10.7 Å². The Bertz CT molecular complexity index is 937. The van der Waals surface area contributed by atoms with Crippen molar-refractivity contribution in [2.45, 2.75) is 31.5 Å². The molecule has 0 aromatic heterocycles. The average Bonchev–Trinajstić information content (AvgIpc) is 2.78. The number of rotatable bonds is 2. The average molecular weight is 382 g/mol. The van der Waals surface area contributed by atoms with Crippen LogP contribution in [0, 0.1) is 23.7 Å². The van der Waals surface area contributed by atoms with Gasteiger partial charge in [0.15, 0.2) is 0 Å². The summed E-state index contributed by atoms with van der Waals surface area (Å²) in [6.07, 6.45) is 0. The van der Waals surface area contributed by atoms with Gasteiger partial charge in [-0.1, -0.05) is 105 Å². The molecule has 2 nitrogen and oxygen atoms in total. The minimum atomic E-state index is -1.12. The molecule has 3 aromatic carbocycles. The van der Waals surface area contributed by atoms with Gasteiger partial charge in [-0.3, -0.25) is 0 Å². The Kier molecular flexibility index (Phi) is 5.53. The summed E-state index contributed by atoms with van der Waals surface area (Å²) in [5.41, 5.74) is 2.15. The largest absolute Gasteiger partial charge is 0.377 e. The number of piperidine rings is 1. The molecule has 1 aliphatic heterocycles. The first-order valence-corrected chi connectivity index (χ1v) is 10.3. The van der Waals surface area contributed by atoms with Gasteiger partial charge >= 0.3 is 0 Å². The Hall–Kier alpha value is -2.86. The molecule has 1 fully saturated rings. The van der Waals surface area contributed by atoms with Gasteiger partial charge in [0, 0.05) is 29.5 Å². The van der Waals surface area contributed by atoms with E-state index >= 15 is 0 Å². The summed E-state index contributed by atoms with van der Waals surface area (Å²) < 4.78 is 0. The van der Waals surface area contributed by atoms with Crippen LogP contribution in [0.3, 0.4) is 0 Å². The van der Waals surface area contributed by atoms with Crippen molar-refractivity contribution >= 4 is 0 Å². The summed E-state index contributed by atoms with van der Waals surface area (Å²) >= 11 is 0. The van der Waals surface area contributed by atoms with Crippen molar-refractivity contribution in [3.8, 4) is 11.8 Å². The maximum Gasteiger partial charge on any atom is 0.134 e. The Labute approximate surface area is 173 Å². The van der Waals surface area contributed by atoms with Crippen LogP contribution in [0.1, 0.15) is 42.6 Å². The van der Waals surface area contributed by atoms with Gasteiger partial charge in [0.05, 0.1) is 0 Å². The second-order valence-corrected chi connectivity index (χ2v) is 7.96. The molecule has 1 saturated heterocycles. The Morgan fingerprint density at radius 2 is 1.10 bits per heavy atom. The molecule has 4 rings (SSSR count). The molecule has 0 radical (unpaired) electrons. The summed E-state index contributed by atoms with van der Waals surface area (Å²) in [6.45, 7) is 4.20. The van der Waals surface area contributed by atoms with Gasteiger partial charge < -0.3 is 10.4 Å². The summed E-state index contributed by atoms with van der Waals surface area (Å²) in [7, 11) is 0. The van der Waals surface area contributed by atoms with E-state index in [1.165, 1.54) is 11.1 Å². The Morgan fingerprint density at radius 3 is 1.55 bits per heavy atom. The molecule has 0 amide bonds. The van der Waals surface area contributed by atoms with Crippen molar-refractivity contribution in [1.29, 1.82) is 0 Å². The minimum absolute atomic E-state index is 0.00711. The molecular weight excluding hydrogens is 354 g/mol.